The Kier molecular flexibility index (Phi) is 6.51. The predicted molar refractivity (Wildman–Crippen MR) is 163 cm³/mol. The van der Waals surface area contributed by atoms with Crippen LogP contribution in [-0.2, 0) is 31.5 Å². The van der Waals surface area contributed by atoms with Crippen molar-refractivity contribution in [3.63, 3.8) is 0 Å². The Bertz CT molecular complexity index is 1640. The van der Waals surface area contributed by atoms with Gasteiger partial charge in [0.25, 0.3) is 0 Å². The molecule has 40 heavy (non-hydrogen) atoms. The summed E-state index contributed by atoms with van der Waals surface area (Å²) < 4.78 is 10.7. The number of benzene rings is 4. The molecular weight excluding hydrogens is 492 g/mol. The minimum Gasteiger partial charge on any atom is -0.460 e. The van der Waals surface area contributed by atoms with Gasteiger partial charge in [-0.25, -0.2) is 4.79 Å². The fourth-order valence-corrected chi connectivity index (χ4v) is 6.56. The van der Waals surface area contributed by atoms with Crippen molar-refractivity contribution in [3.05, 3.63) is 119 Å². The van der Waals surface area contributed by atoms with Gasteiger partial charge in [-0.1, -0.05) is 101 Å². The lowest BCUT2D eigenvalue weighted by molar-refractivity contribution is -0.139. The lowest BCUT2D eigenvalue weighted by atomic mass is 9.80. The number of carbonyl (C=O) groups is 1. The number of ether oxygens (including phenoxy) is 2. The van der Waals surface area contributed by atoms with E-state index in [0.717, 1.165) is 6.42 Å². The first-order valence-corrected chi connectivity index (χ1v) is 14.1. The van der Waals surface area contributed by atoms with E-state index in [0.29, 0.717) is 13.2 Å². The maximum atomic E-state index is 11.1. The molecular formula is C37H36O3. The van der Waals surface area contributed by atoms with Crippen LogP contribution in [0.15, 0.2) is 91.5 Å². The van der Waals surface area contributed by atoms with Crippen molar-refractivity contribution in [2.24, 2.45) is 0 Å². The molecule has 0 fully saturated rings. The van der Waals surface area contributed by atoms with Crippen molar-refractivity contribution in [3.8, 4) is 33.4 Å². The predicted octanol–water partition coefficient (Wildman–Crippen LogP) is 8.25. The second-order valence-electron chi connectivity index (χ2n) is 11.9. The highest BCUT2D eigenvalue weighted by Gasteiger charge is 2.37. The minimum absolute atomic E-state index is 0.00960. The van der Waals surface area contributed by atoms with Crippen LogP contribution in [0.2, 0.25) is 0 Å². The van der Waals surface area contributed by atoms with Gasteiger partial charge in [-0.2, -0.15) is 0 Å². The molecule has 0 amide bonds. The van der Waals surface area contributed by atoms with Gasteiger partial charge >= 0.3 is 5.97 Å². The van der Waals surface area contributed by atoms with Crippen molar-refractivity contribution in [1.29, 1.82) is 0 Å². The summed E-state index contributed by atoms with van der Waals surface area (Å²) in [4.78, 5) is 11.1. The summed E-state index contributed by atoms with van der Waals surface area (Å²) in [6.07, 6.45) is 1.98. The van der Waals surface area contributed by atoms with E-state index in [1.807, 2.05) is 0 Å². The van der Waals surface area contributed by atoms with Crippen molar-refractivity contribution >= 4 is 5.97 Å². The van der Waals surface area contributed by atoms with Gasteiger partial charge in [-0.3, -0.25) is 0 Å². The first-order chi connectivity index (χ1) is 19.2. The van der Waals surface area contributed by atoms with Gasteiger partial charge in [-0.15, -0.1) is 0 Å². The number of esters is 1. The molecule has 0 saturated carbocycles. The fraction of sp³-hybridized carbons (Fsp3) is 0.270. The highest BCUT2D eigenvalue weighted by Crippen LogP contribution is 2.52. The molecule has 2 aliphatic rings. The van der Waals surface area contributed by atoms with E-state index in [-0.39, 0.29) is 17.4 Å². The zero-order valence-corrected chi connectivity index (χ0v) is 23.8. The first-order valence-electron chi connectivity index (χ1n) is 14.1. The van der Waals surface area contributed by atoms with Crippen LogP contribution in [-0.4, -0.2) is 25.8 Å². The summed E-state index contributed by atoms with van der Waals surface area (Å²) in [5.74, 6) is -0.419. The molecule has 4 aromatic carbocycles. The Balaban J connectivity index is 1.23. The molecule has 0 radical (unpaired) electrons. The zero-order valence-electron chi connectivity index (χ0n) is 23.8. The van der Waals surface area contributed by atoms with Crippen LogP contribution in [0.1, 0.15) is 55.5 Å². The van der Waals surface area contributed by atoms with Gasteiger partial charge in [-0.05, 0) is 79.8 Å². The average Bonchev–Trinajstić information content (AvgIpc) is 3.33. The molecule has 0 bridgehead atoms. The number of hydrogen-bond acceptors (Lipinski definition) is 3. The van der Waals surface area contributed by atoms with Gasteiger partial charge in [0, 0.05) is 16.9 Å². The summed E-state index contributed by atoms with van der Waals surface area (Å²) in [5.41, 5.74) is 14.6. The molecule has 0 aliphatic heterocycles. The van der Waals surface area contributed by atoms with E-state index in [1.165, 1.54) is 67.3 Å². The number of carbonyl (C=O) groups excluding carboxylic acids is 1. The van der Waals surface area contributed by atoms with Crippen LogP contribution < -0.4 is 0 Å². The monoisotopic (exact) mass is 528 g/mol. The molecule has 0 N–H and O–H groups in total. The second kappa shape index (κ2) is 9.91. The maximum Gasteiger partial charge on any atom is 0.330 e. The Morgan fingerprint density at radius 2 is 1.23 bits per heavy atom. The Morgan fingerprint density at radius 3 is 1.88 bits per heavy atom. The van der Waals surface area contributed by atoms with Crippen molar-refractivity contribution in [2.75, 3.05) is 19.8 Å². The number of fused-ring (bicyclic) bond motifs is 6. The van der Waals surface area contributed by atoms with Gasteiger partial charge in [0.2, 0.25) is 0 Å². The third kappa shape index (κ3) is 4.30. The van der Waals surface area contributed by atoms with Gasteiger partial charge in [0.15, 0.2) is 0 Å². The number of rotatable bonds is 8. The SMILES string of the molecule is C=CC(=O)OCCOCCc1ccc2c(c1)C(C)(C)c1cc(-c3ccc4c(c3)C(C)(C)c3ccccc3-4)ccc1-2. The van der Waals surface area contributed by atoms with E-state index in [9.17, 15) is 4.79 Å². The van der Waals surface area contributed by atoms with E-state index in [4.69, 9.17) is 9.47 Å². The molecule has 0 unspecified atom stereocenters. The van der Waals surface area contributed by atoms with Crippen LogP contribution >= 0.6 is 0 Å². The Hall–Kier alpha value is -3.95. The Labute approximate surface area is 237 Å². The maximum absolute atomic E-state index is 11.1. The first kappa shape index (κ1) is 26.3. The molecule has 3 heteroatoms. The normalized spacial score (nSPS) is 15.1. The summed E-state index contributed by atoms with van der Waals surface area (Å²) in [5, 5.41) is 0. The van der Waals surface area contributed by atoms with Gasteiger partial charge in [0.05, 0.1) is 13.2 Å². The minimum atomic E-state index is -0.419. The highest BCUT2D eigenvalue weighted by atomic mass is 16.6. The zero-order chi connectivity index (χ0) is 28.1. The highest BCUT2D eigenvalue weighted by molar-refractivity contribution is 5.86. The standard InChI is InChI=1S/C37H36O3/c1-6-35(38)40-20-19-39-18-17-24-11-14-28-30-16-13-26(23-34(30)37(4,5)32(28)21-24)25-12-15-29-27-9-7-8-10-31(27)36(2,3)33(29)22-25/h6-16,21-23H,1,17-20H2,2-5H3. The van der Waals surface area contributed by atoms with E-state index in [2.05, 4.69) is 113 Å². The van der Waals surface area contributed by atoms with E-state index < -0.39 is 5.97 Å². The molecule has 6 rings (SSSR count). The van der Waals surface area contributed by atoms with Crippen molar-refractivity contribution in [1.82, 2.24) is 0 Å². The molecule has 0 atom stereocenters. The van der Waals surface area contributed by atoms with Crippen LogP contribution in [0, 0.1) is 0 Å². The number of hydrogen-bond donors (Lipinski definition) is 0. The molecule has 3 nitrogen and oxygen atoms in total. The summed E-state index contributed by atoms with van der Waals surface area (Å²) in [6, 6.07) is 29.6. The molecule has 0 heterocycles. The molecule has 0 spiro atoms. The summed E-state index contributed by atoms with van der Waals surface area (Å²) in [7, 11) is 0. The van der Waals surface area contributed by atoms with Crippen molar-refractivity contribution in [2.45, 2.75) is 44.9 Å². The van der Waals surface area contributed by atoms with Crippen LogP contribution in [0.5, 0.6) is 0 Å². The largest absolute Gasteiger partial charge is 0.460 e. The smallest absolute Gasteiger partial charge is 0.330 e. The van der Waals surface area contributed by atoms with Crippen LogP contribution in [0.4, 0.5) is 0 Å². The average molecular weight is 529 g/mol. The van der Waals surface area contributed by atoms with E-state index in [1.54, 1.807) is 0 Å². The molecule has 0 saturated heterocycles. The topological polar surface area (TPSA) is 35.5 Å². The van der Waals surface area contributed by atoms with Crippen molar-refractivity contribution < 1.29 is 14.3 Å². The summed E-state index contributed by atoms with van der Waals surface area (Å²) >= 11 is 0. The summed E-state index contributed by atoms with van der Waals surface area (Å²) in [6.45, 7) is 14.0. The van der Waals surface area contributed by atoms with Crippen LogP contribution in [0.25, 0.3) is 33.4 Å². The third-order valence-electron chi connectivity index (χ3n) is 8.83. The van der Waals surface area contributed by atoms with Crippen LogP contribution in [0.3, 0.4) is 0 Å². The van der Waals surface area contributed by atoms with Gasteiger partial charge in [0.1, 0.15) is 6.61 Å². The molecule has 0 aromatic heterocycles. The van der Waals surface area contributed by atoms with Gasteiger partial charge < -0.3 is 9.47 Å². The quantitative estimate of drug-likeness (QED) is 0.131. The second-order valence-corrected chi connectivity index (χ2v) is 11.9. The Morgan fingerprint density at radius 1 is 0.675 bits per heavy atom. The third-order valence-corrected chi connectivity index (χ3v) is 8.83. The lowest BCUT2D eigenvalue weighted by Crippen LogP contribution is -2.16. The molecule has 4 aromatic rings. The van der Waals surface area contributed by atoms with E-state index >= 15 is 0 Å². The molecule has 202 valence electrons. The molecule has 2 aliphatic carbocycles. The lowest BCUT2D eigenvalue weighted by Gasteiger charge is -2.23. The fourth-order valence-electron chi connectivity index (χ4n) is 6.56.